The lowest BCUT2D eigenvalue weighted by Crippen LogP contribution is -2.49. The first-order valence-electron chi connectivity index (χ1n) is 16.2. The maximum atomic E-state index is 6.90. The Labute approximate surface area is 282 Å². The highest BCUT2D eigenvalue weighted by atomic mass is 28.3. The first-order chi connectivity index (χ1) is 23.5. The van der Waals surface area contributed by atoms with Gasteiger partial charge in [0.05, 0.1) is 14.2 Å². The Kier molecular flexibility index (Phi) is 7.30. The second kappa shape index (κ2) is 11.8. The lowest BCUT2D eigenvalue weighted by molar-refractivity contribution is 0.414. The van der Waals surface area contributed by atoms with Crippen LogP contribution < -0.4 is 29.6 Å². The summed E-state index contributed by atoms with van der Waals surface area (Å²) in [5.41, 5.74) is 8.47. The number of rotatable bonds is 8. The molecule has 0 radical (unpaired) electrons. The zero-order chi connectivity index (χ0) is 32.8. The van der Waals surface area contributed by atoms with E-state index in [1.807, 2.05) is 30.3 Å². The number of fused-ring (bicyclic) bond motifs is 5. The van der Waals surface area contributed by atoms with Crippen molar-refractivity contribution in [2.24, 2.45) is 0 Å². The third-order valence-electron chi connectivity index (χ3n) is 9.43. The summed E-state index contributed by atoms with van der Waals surface area (Å²) in [6, 6.07) is 50.9. The minimum Gasteiger partial charge on any atom is -0.497 e. The highest BCUT2D eigenvalue weighted by molar-refractivity contribution is 7.05. The molecule has 6 aromatic carbocycles. The number of furan rings is 1. The van der Waals surface area contributed by atoms with Gasteiger partial charge < -0.3 is 23.7 Å². The summed E-state index contributed by atoms with van der Waals surface area (Å²) < 4.78 is 17.8. The van der Waals surface area contributed by atoms with Gasteiger partial charge in [0.15, 0.2) is 0 Å². The van der Waals surface area contributed by atoms with Crippen molar-refractivity contribution in [2.75, 3.05) is 24.0 Å². The molecule has 1 aliphatic rings. The number of nitrogens with zero attached hydrogens (tertiary/aromatic N) is 2. The molecule has 0 fully saturated rings. The SMILES string of the molecule is COc1ccc(N(c2ccccc2)c2ccc3c(c2)-c2oc4cc(N(c5ccccc5)c5ccc(OC)cc5)ccc4c2[Si]3(C)C)cc1. The Balaban J connectivity index is 1.25. The van der Waals surface area contributed by atoms with E-state index in [2.05, 4.69) is 138 Å². The van der Waals surface area contributed by atoms with Crippen molar-refractivity contribution in [3.63, 3.8) is 0 Å². The van der Waals surface area contributed by atoms with Gasteiger partial charge in [-0.3, -0.25) is 0 Å². The Bertz CT molecular complexity index is 2230. The molecule has 0 saturated carbocycles. The molecular weight excluding hydrogens is 609 g/mol. The van der Waals surface area contributed by atoms with Gasteiger partial charge in [-0.05, 0) is 107 Å². The quantitative estimate of drug-likeness (QED) is 0.154. The molecule has 0 unspecified atom stereocenters. The Morgan fingerprint density at radius 2 is 0.958 bits per heavy atom. The van der Waals surface area contributed by atoms with E-state index in [1.54, 1.807) is 14.2 Å². The summed E-state index contributed by atoms with van der Waals surface area (Å²) in [7, 11) is 1.33. The molecule has 48 heavy (non-hydrogen) atoms. The van der Waals surface area contributed by atoms with E-state index in [9.17, 15) is 0 Å². The van der Waals surface area contributed by atoms with Crippen LogP contribution in [0, 0.1) is 0 Å². The van der Waals surface area contributed by atoms with E-state index in [0.717, 1.165) is 57.0 Å². The van der Waals surface area contributed by atoms with Crippen LogP contribution in [0.3, 0.4) is 0 Å². The molecule has 0 bridgehead atoms. The minimum absolute atomic E-state index is 0.827. The first-order valence-corrected chi connectivity index (χ1v) is 19.2. The largest absolute Gasteiger partial charge is 0.497 e. The molecule has 0 aliphatic carbocycles. The summed E-state index contributed by atoms with van der Waals surface area (Å²) in [4.78, 5) is 4.55. The second-order valence-electron chi connectivity index (χ2n) is 12.6. The molecule has 5 nitrogen and oxygen atoms in total. The standard InChI is InChI=1S/C42H36N2O3Si/c1-45-35-21-15-31(16-22-35)43(29-11-7-5-8-12-29)33-20-26-40-38(27-33)41-42(48(40,3)4)37-25-19-34(28-39(37)47-41)44(30-13-9-6-10-14-30)32-17-23-36(46-2)24-18-32/h5-28H,1-4H3. The van der Waals surface area contributed by atoms with Crippen LogP contribution in [-0.4, -0.2) is 22.3 Å². The predicted molar refractivity (Wildman–Crippen MR) is 201 cm³/mol. The van der Waals surface area contributed by atoms with E-state index in [4.69, 9.17) is 13.9 Å². The van der Waals surface area contributed by atoms with Gasteiger partial charge in [0.2, 0.25) is 0 Å². The Morgan fingerprint density at radius 3 is 1.48 bits per heavy atom. The van der Waals surface area contributed by atoms with Crippen LogP contribution in [0.5, 0.6) is 11.5 Å². The molecule has 1 aromatic heterocycles. The van der Waals surface area contributed by atoms with Crippen LogP contribution in [-0.2, 0) is 0 Å². The highest BCUT2D eigenvalue weighted by Gasteiger charge is 2.42. The van der Waals surface area contributed by atoms with Gasteiger partial charge in [0.25, 0.3) is 0 Å². The van der Waals surface area contributed by atoms with Gasteiger partial charge in [-0.25, -0.2) is 0 Å². The van der Waals surface area contributed by atoms with E-state index >= 15 is 0 Å². The zero-order valence-electron chi connectivity index (χ0n) is 27.5. The van der Waals surface area contributed by atoms with E-state index in [-0.39, 0.29) is 0 Å². The van der Waals surface area contributed by atoms with E-state index < -0.39 is 8.07 Å². The van der Waals surface area contributed by atoms with Crippen LogP contribution in [0.2, 0.25) is 13.1 Å². The van der Waals surface area contributed by atoms with Gasteiger partial charge in [0.1, 0.15) is 30.9 Å². The highest BCUT2D eigenvalue weighted by Crippen LogP contribution is 2.42. The fourth-order valence-corrected chi connectivity index (χ4v) is 10.3. The molecule has 0 N–H and O–H groups in total. The molecular formula is C42H36N2O3Si. The van der Waals surface area contributed by atoms with E-state index in [1.165, 1.54) is 21.3 Å². The third kappa shape index (κ3) is 4.93. The van der Waals surface area contributed by atoms with Gasteiger partial charge >= 0.3 is 0 Å². The lowest BCUT2D eigenvalue weighted by atomic mass is 10.1. The third-order valence-corrected chi connectivity index (χ3v) is 13.0. The number of ether oxygens (including phenoxy) is 2. The van der Waals surface area contributed by atoms with Crippen molar-refractivity contribution in [1.82, 2.24) is 0 Å². The number of hydrogen-bond acceptors (Lipinski definition) is 5. The molecule has 8 rings (SSSR count). The van der Waals surface area contributed by atoms with Gasteiger partial charge in [-0.2, -0.15) is 0 Å². The zero-order valence-corrected chi connectivity index (χ0v) is 28.5. The summed E-state index contributed by atoms with van der Waals surface area (Å²) in [5, 5.41) is 3.96. The van der Waals surface area contributed by atoms with Gasteiger partial charge in [-0.15, -0.1) is 0 Å². The Hall–Kier alpha value is -5.72. The number of methoxy groups -OCH3 is 2. The predicted octanol–water partition coefficient (Wildman–Crippen LogP) is 10.2. The Morgan fingerprint density at radius 1 is 0.500 bits per heavy atom. The fraction of sp³-hybridized carbons (Fsp3) is 0.0952. The van der Waals surface area contributed by atoms with E-state index in [0.29, 0.717) is 0 Å². The minimum atomic E-state index is -2.06. The summed E-state index contributed by atoms with van der Waals surface area (Å²) in [6.45, 7) is 4.87. The lowest BCUT2D eigenvalue weighted by Gasteiger charge is -2.27. The van der Waals surface area contributed by atoms with Crippen molar-refractivity contribution in [2.45, 2.75) is 13.1 Å². The van der Waals surface area contributed by atoms with Crippen molar-refractivity contribution in [3.05, 3.63) is 146 Å². The maximum absolute atomic E-state index is 6.90. The molecule has 0 saturated heterocycles. The maximum Gasteiger partial charge on any atom is 0.136 e. The molecule has 6 heteroatoms. The molecule has 236 valence electrons. The number of anilines is 6. The number of para-hydroxylation sites is 2. The normalized spacial score (nSPS) is 12.8. The topological polar surface area (TPSA) is 38.1 Å². The second-order valence-corrected chi connectivity index (χ2v) is 16.9. The molecule has 2 heterocycles. The monoisotopic (exact) mass is 644 g/mol. The molecule has 1 aliphatic heterocycles. The summed E-state index contributed by atoms with van der Waals surface area (Å²) in [6.07, 6.45) is 0. The molecule has 0 atom stereocenters. The number of hydrogen-bond donors (Lipinski definition) is 0. The average molecular weight is 645 g/mol. The first kappa shape index (κ1) is 29.7. The summed E-state index contributed by atoms with van der Waals surface area (Å²) >= 11 is 0. The summed E-state index contributed by atoms with van der Waals surface area (Å²) in [5.74, 6) is 2.65. The van der Waals surface area contributed by atoms with Crippen LogP contribution in [0.1, 0.15) is 0 Å². The van der Waals surface area contributed by atoms with Crippen LogP contribution in [0.4, 0.5) is 34.1 Å². The van der Waals surface area contributed by atoms with Gasteiger partial charge in [0, 0.05) is 51.1 Å². The van der Waals surface area contributed by atoms with Crippen LogP contribution >= 0.6 is 0 Å². The van der Waals surface area contributed by atoms with Crippen LogP contribution in [0.25, 0.3) is 22.3 Å². The van der Waals surface area contributed by atoms with Crippen molar-refractivity contribution in [1.29, 1.82) is 0 Å². The molecule has 0 spiro atoms. The molecule has 0 amide bonds. The fourth-order valence-electron chi connectivity index (χ4n) is 7.08. The van der Waals surface area contributed by atoms with Crippen molar-refractivity contribution < 1.29 is 13.9 Å². The van der Waals surface area contributed by atoms with Crippen molar-refractivity contribution >= 4 is 63.5 Å². The van der Waals surface area contributed by atoms with Crippen molar-refractivity contribution in [3.8, 4) is 22.8 Å². The smallest absolute Gasteiger partial charge is 0.136 e. The number of benzene rings is 6. The average Bonchev–Trinajstić information content (AvgIpc) is 3.62. The van der Waals surface area contributed by atoms with Crippen LogP contribution in [0.15, 0.2) is 150 Å². The molecule has 7 aromatic rings. The van der Waals surface area contributed by atoms with Gasteiger partial charge in [-0.1, -0.05) is 55.6 Å².